The Labute approximate surface area is 122 Å². The highest BCUT2D eigenvalue weighted by Gasteiger charge is 2.19. The van der Waals surface area contributed by atoms with E-state index in [1.807, 2.05) is 0 Å². The van der Waals surface area contributed by atoms with Gasteiger partial charge in [0.1, 0.15) is 25.9 Å². The fourth-order valence-corrected chi connectivity index (χ4v) is 1.33. The van der Waals surface area contributed by atoms with E-state index in [2.05, 4.69) is 25.5 Å². The van der Waals surface area contributed by atoms with Gasteiger partial charge in [-0.25, -0.2) is 9.59 Å². The van der Waals surface area contributed by atoms with E-state index in [4.69, 9.17) is 9.47 Å². The van der Waals surface area contributed by atoms with Gasteiger partial charge in [0.15, 0.2) is 0 Å². The van der Waals surface area contributed by atoms with Crippen LogP contribution in [0.3, 0.4) is 0 Å². The van der Waals surface area contributed by atoms with E-state index in [9.17, 15) is 9.59 Å². The van der Waals surface area contributed by atoms with Crippen LogP contribution in [0.5, 0.6) is 0 Å². The molecular weight excluding hydrogens is 284 g/mol. The van der Waals surface area contributed by atoms with Gasteiger partial charge in [0.2, 0.25) is 0 Å². The van der Waals surface area contributed by atoms with Crippen LogP contribution in [0.15, 0.2) is 12.5 Å². The molecule has 3 fully saturated rings. The predicted octanol–water partition coefficient (Wildman–Crippen LogP) is 1.98. The van der Waals surface area contributed by atoms with Crippen molar-refractivity contribution < 1.29 is 38.0 Å². The molecule has 120 valence electrons. The van der Waals surface area contributed by atoms with Crippen molar-refractivity contribution in [3.8, 4) is 0 Å². The van der Waals surface area contributed by atoms with E-state index < -0.39 is 12.3 Å². The van der Waals surface area contributed by atoms with Gasteiger partial charge in [-0.1, -0.05) is 0 Å². The zero-order valence-corrected chi connectivity index (χ0v) is 12.0. The summed E-state index contributed by atoms with van der Waals surface area (Å²) >= 11 is 0. The summed E-state index contributed by atoms with van der Waals surface area (Å²) in [5.74, 6) is 0.475. The van der Waals surface area contributed by atoms with Crippen LogP contribution in [0.2, 0.25) is 0 Å². The topological polar surface area (TPSA) is 89.5 Å². The zero-order chi connectivity index (χ0) is 15.5. The molecule has 1 unspecified atom stereocenters. The molecule has 3 aliphatic heterocycles. The quantitative estimate of drug-likeness (QED) is 0.628. The highest BCUT2D eigenvalue weighted by molar-refractivity contribution is 5.61. The number of carbonyl (C=O) groups excluding carboxylic acids is 2. The summed E-state index contributed by atoms with van der Waals surface area (Å²) in [7, 11) is 0. The molecule has 0 radical (unpaired) electrons. The molecule has 0 N–H and O–H groups in total. The first-order chi connectivity index (χ1) is 10.1. The second-order valence-corrected chi connectivity index (χ2v) is 4.21. The average Bonchev–Trinajstić information content (AvgIpc) is 2.99. The minimum atomic E-state index is -0.549. The van der Waals surface area contributed by atoms with E-state index in [0.717, 1.165) is 26.1 Å². The van der Waals surface area contributed by atoms with Crippen LogP contribution in [0, 0.1) is 0 Å². The highest BCUT2D eigenvalue weighted by atomic mass is 16.8. The average molecular weight is 304 g/mol. The summed E-state index contributed by atoms with van der Waals surface area (Å²) in [6.07, 6.45) is 1.02. The van der Waals surface area contributed by atoms with Gasteiger partial charge in [0.25, 0.3) is 5.95 Å². The summed E-state index contributed by atoms with van der Waals surface area (Å²) in [5.41, 5.74) is 0. The van der Waals surface area contributed by atoms with Crippen LogP contribution in [0.25, 0.3) is 0 Å². The highest BCUT2D eigenvalue weighted by Crippen LogP contribution is 2.05. The van der Waals surface area contributed by atoms with Gasteiger partial charge < -0.3 is 28.4 Å². The molecule has 0 amide bonds. The summed E-state index contributed by atoms with van der Waals surface area (Å²) < 4.78 is 27.5. The molecule has 3 aliphatic rings. The Morgan fingerprint density at radius 3 is 1.71 bits per heavy atom. The molecule has 1 atom stereocenters. The second-order valence-electron chi connectivity index (χ2n) is 4.21. The lowest BCUT2D eigenvalue weighted by atomic mass is 10.3. The third kappa shape index (κ3) is 8.61. The number of hydrogen-bond donors (Lipinski definition) is 0. The molecule has 3 rings (SSSR count). The number of hydrogen-bond acceptors (Lipinski definition) is 8. The van der Waals surface area contributed by atoms with Gasteiger partial charge in [0, 0.05) is 0 Å². The molecule has 3 saturated heterocycles. The van der Waals surface area contributed by atoms with E-state index in [1.165, 1.54) is 0 Å². The van der Waals surface area contributed by atoms with Crippen LogP contribution in [0.1, 0.15) is 19.8 Å². The monoisotopic (exact) mass is 304 g/mol. The molecule has 0 aromatic rings. The van der Waals surface area contributed by atoms with Gasteiger partial charge in [0.05, 0.1) is 13.2 Å². The fourth-order valence-electron chi connectivity index (χ4n) is 1.33. The van der Waals surface area contributed by atoms with E-state index in [-0.39, 0.29) is 6.10 Å². The first-order valence-corrected chi connectivity index (χ1v) is 6.65. The van der Waals surface area contributed by atoms with E-state index in [1.54, 1.807) is 6.92 Å². The Balaban J connectivity index is 0.000000159. The first kappa shape index (κ1) is 16.9. The van der Waals surface area contributed by atoms with Gasteiger partial charge in [-0.05, 0) is 26.3 Å². The van der Waals surface area contributed by atoms with Gasteiger partial charge >= 0.3 is 12.3 Å². The van der Waals surface area contributed by atoms with Gasteiger partial charge in [-0.15, -0.1) is 0 Å². The Bertz CT molecular complexity index is 336. The summed E-state index contributed by atoms with van der Waals surface area (Å²) in [4.78, 5) is 19.8. The van der Waals surface area contributed by atoms with Crippen molar-refractivity contribution in [2.45, 2.75) is 25.9 Å². The maximum atomic E-state index is 10.0. The SMILES string of the molecule is C=C1OCCCCO1.CC1COC(=O)O1.O=C1OCCO1. The fraction of sp³-hybridized carbons (Fsp3) is 0.692. The maximum Gasteiger partial charge on any atom is 0.508 e. The molecule has 3 heterocycles. The number of rotatable bonds is 0. The predicted molar refractivity (Wildman–Crippen MR) is 69.5 cm³/mol. The Morgan fingerprint density at radius 1 is 0.857 bits per heavy atom. The van der Waals surface area contributed by atoms with Crippen molar-refractivity contribution >= 4 is 12.3 Å². The van der Waals surface area contributed by atoms with Crippen LogP contribution >= 0.6 is 0 Å². The van der Waals surface area contributed by atoms with Crippen molar-refractivity contribution in [3.05, 3.63) is 12.5 Å². The van der Waals surface area contributed by atoms with Gasteiger partial charge in [-0.3, -0.25) is 0 Å². The van der Waals surface area contributed by atoms with Crippen molar-refractivity contribution in [2.75, 3.05) is 33.0 Å². The van der Waals surface area contributed by atoms with Crippen LogP contribution in [0.4, 0.5) is 9.59 Å². The second kappa shape index (κ2) is 9.73. The maximum absolute atomic E-state index is 10.0. The molecule has 0 aromatic heterocycles. The zero-order valence-electron chi connectivity index (χ0n) is 12.0. The summed E-state index contributed by atoms with van der Waals surface area (Å²) in [6, 6.07) is 0. The molecule has 8 heteroatoms. The summed E-state index contributed by atoms with van der Waals surface area (Å²) in [6.45, 7) is 8.07. The molecule has 0 bridgehead atoms. The van der Waals surface area contributed by atoms with E-state index in [0.29, 0.717) is 25.8 Å². The molecule has 0 aromatic carbocycles. The minimum Gasteiger partial charge on any atom is -0.466 e. The van der Waals surface area contributed by atoms with E-state index >= 15 is 0 Å². The lowest BCUT2D eigenvalue weighted by molar-refractivity contribution is 0.0640. The number of cyclic esters (lactones) is 4. The third-order valence-corrected chi connectivity index (χ3v) is 2.32. The molecule has 8 nitrogen and oxygen atoms in total. The number of ether oxygens (including phenoxy) is 6. The largest absolute Gasteiger partial charge is 0.508 e. The van der Waals surface area contributed by atoms with Crippen molar-refractivity contribution in [2.24, 2.45) is 0 Å². The van der Waals surface area contributed by atoms with Crippen molar-refractivity contribution in [1.29, 1.82) is 0 Å². The summed E-state index contributed by atoms with van der Waals surface area (Å²) in [5, 5.41) is 0. The smallest absolute Gasteiger partial charge is 0.466 e. The van der Waals surface area contributed by atoms with Crippen molar-refractivity contribution in [1.82, 2.24) is 0 Å². The molecule has 0 spiro atoms. The normalized spacial score (nSPS) is 23.3. The Morgan fingerprint density at radius 2 is 1.43 bits per heavy atom. The molecule has 21 heavy (non-hydrogen) atoms. The lowest BCUT2D eigenvalue weighted by Crippen LogP contribution is -2.01. The van der Waals surface area contributed by atoms with Crippen molar-refractivity contribution in [3.63, 3.8) is 0 Å². The van der Waals surface area contributed by atoms with Gasteiger partial charge in [-0.2, -0.15) is 0 Å². The Hall–Kier alpha value is -2.12. The standard InChI is InChI=1S/C6H10O2.C4H6O3.C3H4O3/c1-6-7-4-2-3-5-8-6;1-3-2-6-4(5)7-3;4-3-5-1-2-6-3/h1-5H2;3H,2H2,1H3;1-2H2. The number of carbonyl (C=O) groups is 2. The third-order valence-electron chi connectivity index (χ3n) is 2.32. The molecular formula is C13H20O8. The Kier molecular flexibility index (Phi) is 7.85. The van der Waals surface area contributed by atoms with Crippen LogP contribution in [-0.4, -0.2) is 51.4 Å². The minimum absolute atomic E-state index is 0.0486. The lowest BCUT2D eigenvalue weighted by Gasteiger charge is -2.01. The molecule has 0 saturated carbocycles. The van der Waals surface area contributed by atoms with Crippen LogP contribution < -0.4 is 0 Å². The molecule has 0 aliphatic carbocycles. The first-order valence-electron chi connectivity index (χ1n) is 6.65. The van der Waals surface area contributed by atoms with Crippen LogP contribution in [-0.2, 0) is 28.4 Å².